The molecule has 194 valence electrons. The number of hydrogen-bond acceptors (Lipinski definition) is 3. The third kappa shape index (κ3) is 8.09. The molecule has 37 heavy (non-hydrogen) atoms. The summed E-state index contributed by atoms with van der Waals surface area (Å²) in [6, 6.07) is 24.3. The van der Waals surface area contributed by atoms with Gasteiger partial charge in [-0.3, -0.25) is 9.59 Å². The highest BCUT2D eigenvalue weighted by Gasteiger charge is 2.32. The summed E-state index contributed by atoms with van der Waals surface area (Å²) in [5, 5.41) is 3.84. The summed E-state index contributed by atoms with van der Waals surface area (Å²) < 4.78 is 5.85. The maximum atomic E-state index is 13.8. The molecule has 3 aromatic rings. The second kappa shape index (κ2) is 13.3. The lowest BCUT2D eigenvalue weighted by molar-refractivity contribution is -0.143. The van der Waals surface area contributed by atoms with Gasteiger partial charge in [0, 0.05) is 24.0 Å². The number of carbonyl (C=O) groups excluding carboxylic acids is 2. The van der Waals surface area contributed by atoms with Crippen molar-refractivity contribution in [2.24, 2.45) is 0 Å². The van der Waals surface area contributed by atoms with Crippen LogP contribution >= 0.6 is 11.6 Å². The number of hydrogen-bond donors (Lipinski definition) is 1. The molecule has 1 atom stereocenters. The van der Waals surface area contributed by atoms with Crippen LogP contribution in [0.4, 0.5) is 0 Å². The second-order valence-corrected chi connectivity index (χ2v) is 10.2. The fourth-order valence-corrected chi connectivity index (χ4v) is 5.01. The van der Waals surface area contributed by atoms with Crippen LogP contribution in [0.5, 0.6) is 5.75 Å². The van der Waals surface area contributed by atoms with Crippen LogP contribution in [0.1, 0.15) is 48.8 Å². The van der Waals surface area contributed by atoms with Gasteiger partial charge in [-0.25, -0.2) is 0 Å². The fraction of sp³-hybridized carbons (Fsp3) is 0.355. The van der Waals surface area contributed by atoms with Crippen LogP contribution in [-0.2, 0) is 22.6 Å². The Kier molecular flexibility index (Phi) is 9.61. The monoisotopic (exact) mass is 518 g/mol. The van der Waals surface area contributed by atoms with Crippen molar-refractivity contribution in [1.82, 2.24) is 10.2 Å². The number of rotatable bonds is 10. The van der Waals surface area contributed by atoms with Gasteiger partial charge >= 0.3 is 0 Å². The van der Waals surface area contributed by atoms with E-state index in [-0.39, 0.29) is 31.0 Å². The van der Waals surface area contributed by atoms with E-state index in [0.29, 0.717) is 17.2 Å². The maximum absolute atomic E-state index is 13.8. The molecule has 0 aliphatic heterocycles. The molecule has 0 spiro atoms. The van der Waals surface area contributed by atoms with Crippen LogP contribution in [-0.4, -0.2) is 35.4 Å². The van der Waals surface area contributed by atoms with Crippen molar-refractivity contribution in [3.63, 3.8) is 0 Å². The predicted molar refractivity (Wildman–Crippen MR) is 148 cm³/mol. The number of nitrogens with zero attached hydrogens (tertiary/aromatic N) is 1. The van der Waals surface area contributed by atoms with E-state index in [1.165, 1.54) is 6.42 Å². The largest absolute Gasteiger partial charge is 0.484 e. The highest BCUT2D eigenvalue weighted by Crippen LogP contribution is 2.21. The molecule has 1 fully saturated rings. The molecule has 6 heteroatoms. The minimum absolute atomic E-state index is 0.124. The normalized spacial score (nSPS) is 14.5. The molecule has 2 amide bonds. The number of aryl methyl sites for hydroxylation is 1. The summed E-state index contributed by atoms with van der Waals surface area (Å²) in [5.74, 6) is 0.245. The summed E-state index contributed by atoms with van der Waals surface area (Å²) in [6.45, 7) is 2.10. The Balaban J connectivity index is 1.60. The first kappa shape index (κ1) is 26.7. The fourth-order valence-electron chi connectivity index (χ4n) is 4.79. The van der Waals surface area contributed by atoms with Gasteiger partial charge in [0.1, 0.15) is 11.8 Å². The zero-order valence-electron chi connectivity index (χ0n) is 21.4. The van der Waals surface area contributed by atoms with Crippen molar-refractivity contribution in [2.45, 2.75) is 64.1 Å². The van der Waals surface area contributed by atoms with E-state index >= 15 is 0 Å². The zero-order valence-corrected chi connectivity index (χ0v) is 22.1. The molecule has 4 rings (SSSR count). The number of benzene rings is 3. The van der Waals surface area contributed by atoms with Crippen LogP contribution < -0.4 is 10.1 Å². The zero-order chi connectivity index (χ0) is 26.0. The molecule has 0 aromatic heterocycles. The maximum Gasteiger partial charge on any atom is 0.261 e. The van der Waals surface area contributed by atoms with Gasteiger partial charge in [-0.1, -0.05) is 91.0 Å². The third-order valence-corrected chi connectivity index (χ3v) is 7.08. The SMILES string of the molecule is Cc1ccc(OCC(=O)N(Cc2cccc(Cl)c2)[C@H](Cc2ccccc2)C(=O)NC2CCCCC2)cc1. The average molecular weight is 519 g/mol. The number of nitrogens with one attached hydrogen (secondary N) is 1. The highest BCUT2D eigenvalue weighted by atomic mass is 35.5. The average Bonchev–Trinajstić information content (AvgIpc) is 2.91. The smallest absolute Gasteiger partial charge is 0.261 e. The van der Waals surface area contributed by atoms with Crippen molar-refractivity contribution >= 4 is 23.4 Å². The molecule has 1 aliphatic carbocycles. The van der Waals surface area contributed by atoms with E-state index in [1.807, 2.05) is 79.7 Å². The Morgan fingerprint density at radius 3 is 2.35 bits per heavy atom. The summed E-state index contributed by atoms with van der Waals surface area (Å²) in [6.07, 6.45) is 5.80. The molecular formula is C31H35ClN2O3. The number of ether oxygens (including phenoxy) is 1. The summed E-state index contributed by atoms with van der Waals surface area (Å²) in [5.41, 5.74) is 2.97. The lowest BCUT2D eigenvalue weighted by Gasteiger charge is -2.33. The molecule has 5 nitrogen and oxygen atoms in total. The van der Waals surface area contributed by atoms with E-state index in [2.05, 4.69) is 5.32 Å². The molecule has 0 saturated heterocycles. The van der Waals surface area contributed by atoms with Crippen LogP contribution in [0.25, 0.3) is 0 Å². The van der Waals surface area contributed by atoms with Crippen LogP contribution in [0, 0.1) is 6.92 Å². The second-order valence-electron chi connectivity index (χ2n) is 9.80. The molecular weight excluding hydrogens is 484 g/mol. The van der Waals surface area contributed by atoms with Crippen molar-refractivity contribution in [3.05, 3.63) is 101 Å². The predicted octanol–water partition coefficient (Wildman–Crippen LogP) is 6.12. The van der Waals surface area contributed by atoms with Crippen LogP contribution in [0.3, 0.4) is 0 Å². The topological polar surface area (TPSA) is 58.6 Å². The molecule has 0 heterocycles. The van der Waals surface area contributed by atoms with Gasteiger partial charge in [0.2, 0.25) is 5.91 Å². The van der Waals surface area contributed by atoms with E-state index in [1.54, 1.807) is 11.0 Å². The summed E-state index contributed by atoms with van der Waals surface area (Å²) in [7, 11) is 0. The first-order chi connectivity index (χ1) is 18.0. The Morgan fingerprint density at radius 1 is 0.946 bits per heavy atom. The van der Waals surface area contributed by atoms with E-state index in [0.717, 1.165) is 42.4 Å². The first-order valence-electron chi connectivity index (χ1n) is 13.1. The molecule has 1 aliphatic rings. The molecule has 0 radical (unpaired) electrons. The van der Waals surface area contributed by atoms with Crippen molar-refractivity contribution < 1.29 is 14.3 Å². The summed E-state index contributed by atoms with van der Waals surface area (Å²) in [4.78, 5) is 29.1. The Bertz CT molecular complexity index is 1160. The number of halogens is 1. The Labute approximate surface area is 224 Å². The van der Waals surface area contributed by atoms with Gasteiger partial charge in [-0.15, -0.1) is 0 Å². The molecule has 1 N–H and O–H groups in total. The van der Waals surface area contributed by atoms with Crippen molar-refractivity contribution in [1.29, 1.82) is 0 Å². The van der Waals surface area contributed by atoms with Gasteiger partial charge in [0.15, 0.2) is 6.61 Å². The molecule has 0 bridgehead atoms. The quantitative estimate of drug-likeness (QED) is 0.352. The Hall–Kier alpha value is -3.31. The first-order valence-corrected chi connectivity index (χ1v) is 13.4. The minimum Gasteiger partial charge on any atom is -0.484 e. The van der Waals surface area contributed by atoms with Gasteiger partial charge in [-0.2, -0.15) is 0 Å². The molecule has 3 aromatic carbocycles. The van der Waals surface area contributed by atoms with E-state index in [9.17, 15) is 9.59 Å². The van der Waals surface area contributed by atoms with E-state index in [4.69, 9.17) is 16.3 Å². The molecule has 0 unspecified atom stereocenters. The number of carbonyl (C=O) groups is 2. The van der Waals surface area contributed by atoms with Gasteiger partial charge in [0.05, 0.1) is 0 Å². The third-order valence-electron chi connectivity index (χ3n) is 6.85. The van der Waals surface area contributed by atoms with Gasteiger partial charge in [0.25, 0.3) is 5.91 Å². The van der Waals surface area contributed by atoms with E-state index < -0.39 is 6.04 Å². The minimum atomic E-state index is -0.683. The van der Waals surface area contributed by atoms with Crippen molar-refractivity contribution in [3.8, 4) is 5.75 Å². The standard InChI is InChI=1S/C31H35ClN2O3/c1-23-15-17-28(18-16-23)37-22-30(35)34(21-25-11-8-12-26(32)19-25)29(20-24-9-4-2-5-10-24)31(36)33-27-13-6-3-7-14-27/h2,4-5,8-12,15-19,27,29H,3,6-7,13-14,20-22H2,1H3,(H,33,36)/t29-/m1/s1. The van der Waals surface area contributed by atoms with Crippen LogP contribution in [0.2, 0.25) is 5.02 Å². The summed E-state index contributed by atoms with van der Waals surface area (Å²) >= 11 is 6.26. The van der Waals surface area contributed by atoms with Gasteiger partial charge in [-0.05, 0) is 55.2 Å². The molecule has 1 saturated carbocycles. The van der Waals surface area contributed by atoms with Gasteiger partial charge < -0.3 is 15.0 Å². The highest BCUT2D eigenvalue weighted by molar-refractivity contribution is 6.30. The number of amides is 2. The van der Waals surface area contributed by atoms with Crippen molar-refractivity contribution in [2.75, 3.05) is 6.61 Å². The Morgan fingerprint density at radius 2 is 1.65 bits per heavy atom. The lowest BCUT2D eigenvalue weighted by Crippen LogP contribution is -2.53. The van der Waals surface area contributed by atoms with Crippen LogP contribution in [0.15, 0.2) is 78.9 Å². The lowest BCUT2D eigenvalue weighted by atomic mass is 9.94.